The van der Waals surface area contributed by atoms with Gasteiger partial charge in [-0.15, -0.1) is 0 Å². The average molecular weight is 288 g/mol. The number of hydrogen-bond acceptors (Lipinski definition) is 3. The van der Waals surface area contributed by atoms with E-state index in [-0.39, 0.29) is 17.4 Å². The molecule has 0 unspecified atom stereocenters. The summed E-state index contributed by atoms with van der Waals surface area (Å²) >= 11 is 0. The van der Waals surface area contributed by atoms with Crippen molar-refractivity contribution in [2.24, 2.45) is 5.92 Å². The van der Waals surface area contributed by atoms with Crippen molar-refractivity contribution in [2.75, 3.05) is 13.1 Å². The molecule has 0 bridgehead atoms. The molecule has 1 saturated carbocycles. The van der Waals surface area contributed by atoms with Gasteiger partial charge in [-0.05, 0) is 32.3 Å². The number of rotatable bonds is 6. The fraction of sp³-hybridized carbons (Fsp3) is 0.588. The SMILES string of the molecule is CC1(C)Cc2cccc(CNCCNC(=O)C3CC3)c2O1. The summed E-state index contributed by atoms with van der Waals surface area (Å²) in [6, 6.07) is 6.34. The van der Waals surface area contributed by atoms with Crippen molar-refractivity contribution >= 4 is 5.91 Å². The van der Waals surface area contributed by atoms with Crippen molar-refractivity contribution in [2.45, 2.75) is 45.3 Å². The first kappa shape index (κ1) is 14.4. The molecule has 0 atom stereocenters. The first-order valence-corrected chi connectivity index (χ1v) is 7.83. The predicted octanol–water partition coefficient (Wildman–Crippen LogP) is 2.02. The van der Waals surface area contributed by atoms with Crippen LogP contribution in [0.1, 0.15) is 37.8 Å². The highest BCUT2D eigenvalue weighted by Crippen LogP contribution is 2.37. The van der Waals surface area contributed by atoms with Gasteiger partial charge in [0.2, 0.25) is 5.91 Å². The molecule has 4 heteroatoms. The predicted molar refractivity (Wildman–Crippen MR) is 82.3 cm³/mol. The second-order valence-electron chi connectivity index (χ2n) is 6.69. The summed E-state index contributed by atoms with van der Waals surface area (Å²) in [7, 11) is 0. The van der Waals surface area contributed by atoms with E-state index < -0.39 is 0 Å². The normalized spacial score (nSPS) is 19.0. The van der Waals surface area contributed by atoms with E-state index in [2.05, 4.69) is 42.7 Å². The molecule has 1 aliphatic heterocycles. The molecule has 2 aliphatic rings. The van der Waals surface area contributed by atoms with Gasteiger partial charge in [0.05, 0.1) is 0 Å². The summed E-state index contributed by atoms with van der Waals surface area (Å²) in [6.07, 6.45) is 3.08. The maximum atomic E-state index is 11.5. The number of carbonyl (C=O) groups excluding carboxylic acids is 1. The Balaban J connectivity index is 1.46. The number of carbonyl (C=O) groups is 1. The lowest BCUT2D eigenvalue weighted by molar-refractivity contribution is -0.122. The van der Waals surface area contributed by atoms with Gasteiger partial charge < -0.3 is 15.4 Å². The van der Waals surface area contributed by atoms with Crippen LogP contribution in [-0.2, 0) is 17.8 Å². The van der Waals surface area contributed by atoms with E-state index >= 15 is 0 Å². The zero-order valence-corrected chi connectivity index (χ0v) is 12.9. The van der Waals surface area contributed by atoms with Crippen molar-refractivity contribution in [3.63, 3.8) is 0 Å². The van der Waals surface area contributed by atoms with Crippen molar-refractivity contribution in [3.05, 3.63) is 29.3 Å². The summed E-state index contributed by atoms with van der Waals surface area (Å²) in [5.74, 6) is 1.54. The molecule has 0 aromatic heterocycles. The van der Waals surface area contributed by atoms with Crippen LogP contribution >= 0.6 is 0 Å². The molecule has 0 radical (unpaired) electrons. The van der Waals surface area contributed by atoms with Gasteiger partial charge in [-0.2, -0.15) is 0 Å². The van der Waals surface area contributed by atoms with Crippen LogP contribution in [0.2, 0.25) is 0 Å². The lowest BCUT2D eigenvalue weighted by Gasteiger charge is -2.18. The molecule has 1 aromatic rings. The highest BCUT2D eigenvalue weighted by Gasteiger charge is 2.31. The molecule has 114 valence electrons. The third kappa shape index (κ3) is 3.56. The maximum absolute atomic E-state index is 11.5. The van der Waals surface area contributed by atoms with Crippen LogP contribution in [0.15, 0.2) is 18.2 Å². The van der Waals surface area contributed by atoms with Crippen LogP contribution in [0.3, 0.4) is 0 Å². The van der Waals surface area contributed by atoms with E-state index in [1.165, 1.54) is 11.1 Å². The average Bonchev–Trinajstić information content (AvgIpc) is 3.21. The number of ether oxygens (including phenoxy) is 1. The van der Waals surface area contributed by atoms with E-state index in [4.69, 9.17) is 4.74 Å². The van der Waals surface area contributed by atoms with Crippen molar-refractivity contribution in [1.29, 1.82) is 0 Å². The first-order chi connectivity index (χ1) is 10.1. The van der Waals surface area contributed by atoms with E-state index in [0.29, 0.717) is 6.54 Å². The fourth-order valence-corrected chi connectivity index (χ4v) is 2.81. The third-order valence-corrected chi connectivity index (χ3v) is 4.04. The monoisotopic (exact) mass is 288 g/mol. The van der Waals surface area contributed by atoms with Gasteiger partial charge in [0.25, 0.3) is 0 Å². The van der Waals surface area contributed by atoms with Crippen LogP contribution < -0.4 is 15.4 Å². The molecular weight excluding hydrogens is 264 g/mol. The number of hydrogen-bond donors (Lipinski definition) is 2. The van der Waals surface area contributed by atoms with Gasteiger partial charge in [0.15, 0.2) is 0 Å². The highest BCUT2D eigenvalue weighted by atomic mass is 16.5. The molecule has 4 nitrogen and oxygen atoms in total. The fourth-order valence-electron chi connectivity index (χ4n) is 2.81. The largest absolute Gasteiger partial charge is 0.487 e. The smallest absolute Gasteiger partial charge is 0.223 e. The quantitative estimate of drug-likeness (QED) is 0.787. The Morgan fingerprint density at radius 3 is 2.90 bits per heavy atom. The maximum Gasteiger partial charge on any atom is 0.223 e. The van der Waals surface area contributed by atoms with Gasteiger partial charge in [0.1, 0.15) is 11.4 Å². The minimum atomic E-state index is -0.101. The first-order valence-electron chi connectivity index (χ1n) is 7.83. The summed E-state index contributed by atoms with van der Waals surface area (Å²) in [6.45, 7) is 6.50. The van der Waals surface area contributed by atoms with Gasteiger partial charge >= 0.3 is 0 Å². The molecule has 3 rings (SSSR count). The molecular formula is C17H24N2O2. The number of benzene rings is 1. The summed E-state index contributed by atoms with van der Waals surface area (Å²) in [4.78, 5) is 11.5. The Bertz CT molecular complexity index is 536. The number of fused-ring (bicyclic) bond motifs is 1. The lowest BCUT2D eigenvalue weighted by Crippen LogP contribution is -2.32. The molecule has 1 aliphatic carbocycles. The molecule has 21 heavy (non-hydrogen) atoms. The van der Waals surface area contributed by atoms with Crippen LogP contribution in [0.4, 0.5) is 0 Å². The molecule has 1 aromatic carbocycles. The third-order valence-electron chi connectivity index (χ3n) is 4.04. The van der Waals surface area contributed by atoms with Crippen LogP contribution in [-0.4, -0.2) is 24.6 Å². The minimum Gasteiger partial charge on any atom is -0.487 e. The highest BCUT2D eigenvalue weighted by molar-refractivity contribution is 5.80. The molecule has 1 fully saturated rings. The lowest BCUT2D eigenvalue weighted by atomic mass is 10.0. The zero-order valence-electron chi connectivity index (χ0n) is 12.9. The Morgan fingerprint density at radius 1 is 1.33 bits per heavy atom. The van der Waals surface area contributed by atoms with Crippen molar-refractivity contribution in [1.82, 2.24) is 10.6 Å². The summed E-state index contributed by atoms with van der Waals surface area (Å²) in [5, 5.41) is 6.34. The van der Waals surface area contributed by atoms with Crippen molar-refractivity contribution in [3.8, 4) is 5.75 Å². The zero-order chi connectivity index (χ0) is 14.9. The van der Waals surface area contributed by atoms with Gasteiger partial charge in [-0.25, -0.2) is 0 Å². The molecule has 1 heterocycles. The van der Waals surface area contributed by atoms with E-state index in [9.17, 15) is 4.79 Å². The Morgan fingerprint density at radius 2 is 2.14 bits per heavy atom. The summed E-state index contributed by atoms with van der Waals surface area (Å²) < 4.78 is 6.05. The van der Waals surface area contributed by atoms with E-state index in [0.717, 1.165) is 38.1 Å². The Hall–Kier alpha value is -1.55. The standard InChI is InChI=1S/C17H24N2O2/c1-17(2)10-13-4-3-5-14(15(13)21-17)11-18-8-9-19-16(20)12-6-7-12/h3-5,12,18H,6-11H2,1-2H3,(H,19,20). The molecule has 0 saturated heterocycles. The number of nitrogens with one attached hydrogen (secondary N) is 2. The van der Waals surface area contributed by atoms with Crippen LogP contribution in [0.5, 0.6) is 5.75 Å². The molecule has 0 spiro atoms. The minimum absolute atomic E-state index is 0.101. The second kappa shape index (κ2) is 5.68. The topological polar surface area (TPSA) is 50.4 Å². The van der Waals surface area contributed by atoms with E-state index in [1.807, 2.05) is 0 Å². The number of amides is 1. The number of para-hydroxylation sites is 1. The van der Waals surface area contributed by atoms with Crippen LogP contribution in [0.25, 0.3) is 0 Å². The van der Waals surface area contributed by atoms with Crippen molar-refractivity contribution < 1.29 is 9.53 Å². The van der Waals surface area contributed by atoms with E-state index in [1.54, 1.807) is 0 Å². The summed E-state index contributed by atoms with van der Waals surface area (Å²) in [5.41, 5.74) is 2.39. The van der Waals surface area contributed by atoms with Gasteiger partial charge in [0, 0.05) is 37.5 Å². The van der Waals surface area contributed by atoms with Crippen LogP contribution in [0, 0.1) is 5.92 Å². The molecule has 2 N–H and O–H groups in total. The molecule has 1 amide bonds. The second-order valence-corrected chi connectivity index (χ2v) is 6.69. The van der Waals surface area contributed by atoms with Gasteiger partial charge in [-0.1, -0.05) is 18.2 Å². The Labute approximate surface area is 126 Å². The Kier molecular flexibility index (Phi) is 3.89. The van der Waals surface area contributed by atoms with Gasteiger partial charge in [-0.3, -0.25) is 4.79 Å².